The number of nitrogens with one attached hydrogen (secondary N) is 1. The molecule has 0 saturated carbocycles. The van der Waals surface area contributed by atoms with Crippen LogP contribution in [0, 0.1) is 0 Å². The molecule has 5 nitrogen and oxygen atoms in total. The molecule has 2 rings (SSSR count). The second-order valence-electron chi connectivity index (χ2n) is 3.66. The number of aromatic amines is 1. The van der Waals surface area contributed by atoms with Gasteiger partial charge in [-0.25, -0.2) is 4.98 Å². The maximum atomic E-state index is 11.2. The van der Waals surface area contributed by atoms with Crippen molar-refractivity contribution in [3.8, 4) is 0 Å². The van der Waals surface area contributed by atoms with Crippen LogP contribution in [0.2, 0.25) is 0 Å². The molecule has 1 aromatic carbocycles. The molecule has 0 aliphatic heterocycles. The topological polar surface area (TPSA) is 88.8 Å². The summed E-state index contributed by atoms with van der Waals surface area (Å²) < 4.78 is 0. The Labute approximate surface area is 107 Å². The first kappa shape index (κ1) is 12.4. The van der Waals surface area contributed by atoms with Crippen molar-refractivity contribution in [2.75, 3.05) is 5.73 Å². The second-order valence-corrected chi connectivity index (χ2v) is 4.72. The number of aromatic nitrogens is 2. The SMILES string of the molecule is CC(=O)c1ccc(Sc2nc(N)cc(=O)[nH]2)cc1. The van der Waals surface area contributed by atoms with Crippen molar-refractivity contribution in [2.24, 2.45) is 0 Å². The Hall–Kier alpha value is -2.08. The van der Waals surface area contributed by atoms with Gasteiger partial charge in [-0.3, -0.25) is 9.59 Å². The Balaban J connectivity index is 2.23. The third-order valence-corrected chi connectivity index (χ3v) is 3.11. The molecule has 0 atom stereocenters. The molecule has 0 unspecified atom stereocenters. The van der Waals surface area contributed by atoms with E-state index < -0.39 is 0 Å². The number of hydrogen-bond acceptors (Lipinski definition) is 5. The molecule has 0 amide bonds. The molecule has 2 aromatic rings. The van der Waals surface area contributed by atoms with Crippen molar-refractivity contribution >= 4 is 23.4 Å². The van der Waals surface area contributed by atoms with Gasteiger partial charge >= 0.3 is 0 Å². The van der Waals surface area contributed by atoms with Gasteiger partial charge in [0.15, 0.2) is 10.9 Å². The van der Waals surface area contributed by atoms with Crippen molar-refractivity contribution in [1.82, 2.24) is 9.97 Å². The van der Waals surface area contributed by atoms with E-state index in [1.54, 1.807) is 24.3 Å². The minimum atomic E-state index is -0.287. The molecule has 0 saturated heterocycles. The van der Waals surface area contributed by atoms with E-state index in [-0.39, 0.29) is 17.2 Å². The molecular formula is C12H11N3O2S. The normalized spacial score (nSPS) is 10.3. The highest BCUT2D eigenvalue weighted by molar-refractivity contribution is 7.99. The summed E-state index contributed by atoms with van der Waals surface area (Å²) in [6.45, 7) is 1.51. The largest absolute Gasteiger partial charge is 0.383 e. The number of carbonyl (C=O) groups is 1. The van der Waals surface area contributed by atoms with Crippen LogP contribution in [0.5, 0.6) is 0 Å². The minimum absolute atomic E-state index is 0.0158. The molecule has 92 valence electrons. The predicted molar refractivity (Wildman–Crippen MR) is 69.8 cm³/mol. The van der Waals surface area contributed by atoms with Crippen molar-refractivity contribution in [3.05, 3.63) is 46.2 Å². The van der Waals surface area contributed by atoms with Gasteiger partial charge in [-0.15, -0.1) is 0 Å². The smallest absolute Gasteiger partial charge is 0.253 e. The second kappa shape index (κ2) is 5.05. The molecule has 6 heteroatoms. The monoisotopic (exact) mass is 261 g/mol. The van der Waals surface area contributed by atoms with Gasteiger partial charge in [0, 0.05) is 16.5 Å². The molecule has 0 bridgehead atoms. The number of Topliss-reactive ketones (excluding diaryl/α,β-unsaturated/α-hetero) is 1. The summed E-state index contributed by atoms with van der Waals surface area (Å²) in [5.74, 6) is 0.198. The van der Waals surface area contributed by atoms with Crippen LogP contribution in [0.25, 0.3) is 0 Å². The highest BCUT2D eigenvalue weighted by Gasteiger charge is 2.03. The van der Waals surface area contributed by atoms with Crippen LogP contribution in [0.3, 0.4) is 0 Å². The molecule has 0 aliphatic rings. The number of ketones is 1. The number of nitrogens with zero attached hydrogens (tertiary/aromatic N) is 1. The van der Waals surface area contributed by atoms with Crippen LogP contribution in [0.1, 0.15) is 17.3 Å². The highest BCUT2D eigenvalue weighted by Crippen LogP contribution is 2.24. The highest BCUT2D eigenvalue weighted by atomic mass is 32.2. The quantitative estimate of drug-likeness (QED) is 0.648. The predicted octanol–water partition coefficient (Wildman–Crippen LogP) is 1.71. The van der Waals surface area contributed by atoms with Gasteiger partial charge in [-0.05, 0) is 19.1 Å². The van der Waals surface area contributed by atoms with E-state index in [1.165, 1.54) is 24.8 Å². The van der Waals surface area contributed by atoms with Crippen LogP contribution < -0.4 is 11.3 Å². The van der Waals surface area contributed by atoms with Gasteiger partial charge < -0.3 is 10.7 Å². The van der Waals surface area contributed by atoms with E-state index >= 15 is 0 Å². The average Bonchev–Trinajstić information content (AvgIpc) is 2.28. The fraction of sp³-hybridized carbons (Fsp3) is 0.0833. The van der Waals surface area contributed by atoms with Crippen LogP contribution in [-0.2, 0) is 0 Å². The summed E-state index contributed by atoms with van der Waals surface area (Å²) >= 11 is 1.28. The van der Waals surface area contributed by atoms with Crippen molar-refractivity contribution < 1.29 is 4.79 Å². The number of nitrogen functional groups attached to an aromatic ring is 1. The van der Waals surface area contributed by atoms with Crippen LogP contribution in [-0.4, -0.2) is 15.8 Å². The van der Waals surface area contributed by atoms with E-state index in [2.05, 4.69) is 9.97 Å². The molecule has 1 heterocycles. The number of benzene rings is 1. The van der Waals surface area contributed by atoms with Crippen molar-refractivity contribution in [1.29, 1.82) is 0 Å². The minimum Gasteiger partial charge on any atom is -0.383 e. The van der Waals surface area contributed by atoms with E-state index in [1.807, 2.05) is 0 Å². The van der Waals surface area contributed by atoms with Gasteiger partial charge in [0.25, 0.3) is 5.56 Å². The Morgan fingerprint density at radius 2 is 2.00 bits per heavy atom. The number of rotatable bonds is 3. The summed E-state index contributed by atoms with van der Waals surface area (Å²) in [6, 6.07) is 8.28. The van der Waals surface area contributed by atoms with Crippen LogP contribution in [0.4, 0.5) is 5.82 Å². The molecule has 0 radical (unpaired) electrons. The average molecular weight is 261 g/mol. The first-order chi connectivity index (χ1) is 8.54. The molecule has 0 spiro atoms. The number of H-pyrrole nitrogens is 1. The lowest BCUT2D eigenvalue weighted by Crippen LogP contribution is -2.09. The van der Waals surface area contributed by atoms with Gasteiger partial charge in [0.2, 0.25) is 0 Å². The van der Waals surface area contributed by atoms with E-state index in [4.69, 9.17) is 5.73 Å². The number of nitrogens with two attached hydrogens (primary N) is 1. The van der Waals surface area contributed by atoms with Crippen molar-refractivity contribution in [2.45, 2.75) is 17.0 Å². The lowest BCUT2D eigenvalue weighted by Gasteiger charge is -2.02. The molecule has 1 aromatic heterocycles. The molecule has 3 N–H and O–H groups in total. The van der Waals surface area contributed by atoms with Gasteiger partial charge in [0.05, 0.1) is 0 Å². The zero-order chi connectivity index (χ0) is 13.1. The van der Waals surface area contributed by atoms with E-state index in [9.17, 15) is 9.59 Å². The van der Waals surface area contributed by atoms with Crippen molar-refractivity contribution in [3.63, 3.8) is 0 Å². The first-order valence-corrected chi connectivity index (χ1v) is 6.02. The number of hydrogen-bond donors (Lipinski definition) is 2. The third kappa shape index (κ3) is 2.98. The summed E-state index contributed by atoms with van der Waals surface area (Å²) in [5.41, 5.74) is 5.85. The third-order valence-electron chi connectivity index (χ3n) is 2.22. The fourth-order valence-corrected chi connectivity index (χ4v) is 2.17. The number of carbonyl (C=O) groups excluding carboxylic acids is 1. The van der Waals surface area contributed by atoms with E-state index in [0.717, 1.165) is 4.90 Å². The maximum absolute atomic E-state index is 11.2. The Bertz CT molecular complexity index is 635. The van der Waals surface area contributed by atoms with E-state index in [0.29, 0.717) is 10.7 Å². The summed E-state index contributed by atoms with van der Waals surface area (Å²) in [7, 11) is 0. The molecule has 0 aliphatic carbocycles. The summed E-state index contributed by atoms with van der Waals surface area (Å²) in [5, 5.41) is 0.426. The Kier molecular flexibility index (Phi) is 3.47. The van der Waals surface area contributed by atoms with Gasteiger partial charge in [-0.1, -0.05) is 23.9 Å². The molecular weight excluding hydrogens is 250 g/mol. The van der Waals surface area contributed by atoms with Gasteiger partial charge in [0.1, 0.15) is 5.82 Å². The number of anilines is 1. The maximum Gasteiger partial charge on any atom is 0.253 e. The standard InChI is InChI=1S/C12H11N3O2S/c1-7(16)8-2-4-9(5-3-8)18-12-14-10(13)6-11(17)15-12/h2-6H,1H3,(H3,13,14,15,17). The fourth-order valence-electron chi connectivity index (χ4n) is 1.37. The summed E-state index contributed by atoms with van der Waals surface area (Å²) in [4.78, 5) is 29.8. The first-order valence-electron chi connectivity index (χ1n) is 5.20. The van der Waals surface area contributed by atoms with Crippen LogP contribution in [0.15, 0.2) is 45.2 Å². The Morgan fingerprint density at radius 3 is 2.56 bits per heavy atom. The lowest BCUT2D eigenvalue weighted by atomic mass is 10.2. The van der Waals surface area contributed by atoms with Crippen LogP contribution >= 0.6 is 11.8 Å². The summed E-state index contributed by atoms with van der Waals surface area (Å²) in [6.07, 6.45) is 0. The molecule has 0 fully saturated rings. The van der Waals surface area contributed by atoms with Gasteiger partial charge in [-0.2, -0.15) is 0 Å². The zero-order valence-electron chi connectivity index (χ0n) is 9.64. The molecule has 18 heavy (non-hydrogen) atoms. The lowest BCUT2D eigenvalue weighted by molar-refractivity contribution is 0.101. The zero-order valence-corrected chi connectivity index (χ0v) is 10.5. The Morgan fingerprint density at radius 1 is 1.33 bits per heavy atom.